The Hall–Kier alpha value is -2.14. The molecule has 1 aromatic heterocycles. The molecule has 2 rings (SSSR count). The fourth-order valence-corrected chi connectivity index (χ4v) is 3.46. The first-order valence-corrected chi connectivity index (χ1v) is 8.51. The molecule has 0 aliphatic heterocycles. The lowest BCUT2D eigenvalue weighted by molar-refractivity contribution is -0.144. The summed E-state index contributed by atoms with van der Waals surface area (Å²) in [6, 6.07) is 3.92. The number of nitrogens with one attached hydrogen (secondary N) is 2. The van der Waals surface area contributed by atoms with Crippen LogP contribution in [-0.4, -0.2) is 29.6 Å². The van der Waals surface area contributed by atoms with E-state index in [-0.39, 0.29) is 28.9 Å². The van der Waals surface area contributed by atoms with Gasteiger partial charge in [-0.05, 0) is 25.5 Å². The van der Waals surface area contributed by atoms with Crippen molar-refractivity contribution in [2.45, 2.75) is 31.8 Å². The zero-order chi connectivity index (χ0) is 18.1. The van der Waals surface area contributed by atoms with Gasteiger partial charge in [0.05, 0.1) is 5.75 Å². The minimum absolute atomic E-state index is 0.125. The second kappa shape index (κ2) is 6.40. The number of anilines is 1. The number of aromatic nitrogens is 3. The summed E-state index contributed by atoms with van der Waals surface area (Å²) in [7, 11) is -3.57. The van der Waals surface area contributed by atoms with Gasteiger partial charge in [-0.1, -0.05) is 12.1 Å². The lowest BCUT2D eigenvalue weighted by atomic mass is 10.1. The summed E-state index contributed by atoms with van der Waals surface area (Å²) in [4.78, 5) is 3.36. The molecule has 11 heteroatoms. The molecule has 0 unspecified atom stereocenters. The normalized spacial score (nSPS) is 12.8. The van der Waals surface area contributed by atoms with E-state index in [0.717, 1.165) is 0 Å². The highest BCUT2D eigenvalue weighted by Gasteiger charge is 2.35. The van der Waals surface area contributed by atoms with E-state index in [1.54, 1.807) is 18.9 Å². The van der Waals surface area contributed by atoms with Gasteiger partial charge in [0.25, 0.3) is 0 Å². The molecule has 132 valence electrons. The molecule has 7 nitrogen and oxygen atoms in total. The fraction of sp³-hybridized carbons (Fsp3) is 0.385. The van der Waals surface area contributed by atoms with Gasteiger partial charge in [-0.3, -0.25) is 5.10 Å². The summed E-state index contributed by atoms with van der Waals surface area (Å²) >= 11 is 0. The minimum Gasteiger partial charge on any atom is -0.398 e. The Morgan fingerprint density at radius 3 is 2.50 bits per heavy atom. The van der Waals surface area contributed by atoms with Crippen molar-refractivity contribution in [1.82, 2.24) is 19.9 Å². The monoisotopic (exact) mass is 363 g/mol. The number of halogens is 3. The van der Waals surface area contributed by atoms with Gasteiger partial charge in [0.1, 0.15) is 0 Å². The van der Waals surface area contributed by atoms with Gasteiger partial charge >= 0.3 is 6.18 Å². The highest BCUT2D eigenvalue weighted by Crippen LogP contribution is 2.28. The van der Waals surface area contributed by atoms with Crippen molar-refractivity contribution in [3.63, 3.8) is 0 Å². The molecule has 0 atom stereocenters. The van der Waals surface area contributed by atoms with Crippen molar-refractivity contribution in [3.8, 4) is 11.4 Å². The minimum atomic E-state index is -4.63. The second-order valence-corrected chi connectivity index (χ2v) is 7.20. The van der Waals surface area contributed by atoms with Crippen LogP contribution in [0.5, 0.6) is 0 Å². The number of H-pyrrole nitrogens is 1. The van der Waals surface area contributed by atoms with E-state index < -0.39 is 22.0 Å². The van der Waals surface area contributed by atoms with Gasteiger partial charge in [-0.2, -0.15) is 18.3 Å². The standard InChI is InChI=1S/C13H16F3N5O2S/c1-7(2)21-24(22,23)6-9-4-3-8(5-10(9)17)11-18-12(20-19-11)13(14,15)16/h3-5,7,21H,6,17H2,1-2H3,(H,18,19,20). The predicted molar refractivity (Wildman–Crippen MR) is 82.1 cm³/mol. The molecule has 0 radical (unpaired) electrons. The van der Waals surface area contributed by atoms with Crippen LogP contribution >= 0.6 is 0 Å². The molecule has 0 spiro atoms. The Labute approximate surface area is 136 Å². The highest BCUT2D eigenvalue weighted by atomic mass is 32.2. The van der Waals surface area contributed by atoms with Crippen molar-refractivity contribution in [2.75, 3.05) is 5.73 Å². The number of aromatic amines is 1. The SMILES string of the molecule is CC(C)NS(=O)(=O)Cc1ccc(-c2n[nH]c(C(F)(F)F)n2)cc1N. The molecule has 1 heterocycles. The van der Waals surface area contributed by atoms with E-state index >= 15 is 0 Å². The number of benzene rings is 1. The largest absolute Gasteiger partial charge is 0.451 e. The maximum absolute atomic E-state index is 12.5. The zero-order valence-corrected chi connectivity index (χ0v) is 13.7. The smallest absolute Gasteiger partial charge is 0.398 e. The zero-order valence-electron chi connectivity index (χ0n) is 12.8. The van der Waals surface area contributed by atoms with E-state index in [2.05, 4.69) is 14.8 Å². The third-order valence-corrected chi connectivity index (χ3v) is 4.44. The molecule has 0 saturated carbocycles. The van der Waals surface area contributed by atoms with Gasteiger partial charge in [-0.15, -0.1) is 0 Å². The van der Waals surface area contributed by atoms with Crippen LogP contribution in [-0.2, 0) is 22.0 Å². The first-order chi connectivity index (χ1) is 11.0. The molecular formula is C13H16F3N5O2S. The van der Waals surface area contributed by atoms with Crippen LogP contribution in [0.2, 0.25) is 0 Å². The molecule has 0 saturated heterocycles. The lowest BCUT2D eigenvalue weighted by Gasteiger charge is -2.11. The Balaban J connectivity index is 2.26. The van der Waals surface area contributed by atoms with Crippen LogP contribution in [0.3, 0.4) is 0 Å². The molecule has 0 bridgehead atoms. The Bertz CT molecular complexity index is 830. The maximum Gasteiger partial charge on any atom is 0.451 e. The van der Waals surface area contributed by atoms with E-state index in [4.69, 9.17) is 5.73 Å². The third-order valence-electron chi connectivity index (χ3n) is 2.92. The summed E-state index contributed by atoms with van der Waals surface area (Å²) in [5.74, 6) is -1.73. The van der Waals surface area contributed by atoms with Crippen LogP contribution in [0.25, 0.3) is 11.4 Å². The third kappa shape index (κ3) is 4.45. The van der Waals surface area contributed by atoms with E-state index in [0.29, 0.717) is 5.56 Å². The van der Waals surface area contributed by atoms with Crippen LogP contribution in [0.4, 0.5) is 18.9 Å². The summed E-state index contributed by atoms with van der Waals surface area (Å²) < 4.78 is 63.8. The maximum atomic E-state index is 12.5. The molecule has 2 aromatic rings. The number of hydrogen-bond acceptors (Lipinski definition) is 5. The molecule has 0 aliphatic rings. The van der Waals surface area contributed by atoms with Crippen molar-refractivity contribution in [2.24, 2.45) is 0 Å². The second-order valence-electron chi connectivity index (χ2n) is 5.45. The van der Waals surface area contributed by atoms with E-state index in [1.807, 2.05) is 0 Å². The number of sulfonamides is 1. The average Bonchev–Trinajstić information content (AvgIpc) is 2.88. The summed E-state index contributed by atoms with van der Waals surface area (Å²) in [5, 5.41) is 5.30. The van der Waals surface area contributed by atoms with Crippen molar-refractivity contribution >= 4 is 15.7 Å². The van der Waals surface area contributed by atoms with Crippen LogP contribution < -0.4 is 10.5 Å². The van der Waals surface area contributed by atoms with E-state index in [9.17, 15) is 21.6 Å². The summed E-state index contributed by atoms with van der Waals surface area (Å²) in [6.45, 7) is 3.37. The molecule has 0 aliphatic carbocycles. The summed E-state index contributed by atoms with van der Waals surface area (Å²) in [5.41, 5.74) is 6.51. The lowest BCUT2D eigenvalue weighted by Crippen LogP contribution is -2.31. The van der Waals surface area contributed by atoms with Gasteiger partial charge in [-0.25, -0.2) is 18.1 Å². The van der Waals surface area contributed by atoms with Crippen LogP contribution in [0.15, 0.2) is 18.2 Å². The number of rotatable bonds is 5. The van der Waals surface area contributed by atoms with Gasteiger partial charge in [0, 0.05) is 17.3 Å². The first kappa shape index (κ1) is 18.2. The number of hydrogen-bond donors (Lipinski definition) is 3. The van der Waals surface area contributed by atoms with E-state index in [1.165, 1.54) is 18.2 Å². The number of alkyl halides is 3. The number of nitrogens with two attached hydrogens (primary N) is 1. The highest BCUT2D eigenvalue weighted by molar-refractivity contribution is 7.88. The quantitative estimate of drug-likeness (QED) is 0.702. The molecule has 24 heavy (non-hydrogen) atoms. The molecule has 0 amide bonds. The Kier molecular flexibility index (Phi) is 4.85. The first-order valence-electron chi connectivity index (χ1n) is 6.86. The van der Waals surface area contributed by atoms with Gasteiger partial charge in [0.2, 0.25) is 15.8 Å². The molecule has 1 aromatic carbocycles. The summed E-state index contributed by atoms with van der Waals surface area (Å²) in [6.07, 6.45) is -4.63. The molecule has 0 fully saturated rings. The average molecular weight is 363 g/mol. The molecule has 4 N–H and O–H groups in total. The topological polar surface area (TPSA) is 114 Å². The number of nitrogen functional groups attached to an aromatic ring is 1. The fourth-order valence-electron chi connectivity index (χ4n) is 1.99. The van der Waals surface area contributed by atoms with Crippen LogP contribution in [0.1, 0.15) is 25.2 Å². The van der Waals surface area contributed by atoms with Crippen molar-refractivity contribution in [3.05, 3.63) is 29.6 Å². The predicted octanol–water partition coefficient (Wildman–Crippen LogP) is 1.90. The molecular weight excluding hydrogens is 347 g/mol. The van der Waals surface area contributed by atoms with Crippen molar-refractivity contribution < 1.29 is 21.6 Å². The van der Waals surface area contributed by atoms with Gasteiger partial charge in [0.15, 0.2) is 5.82 Å². The Morgan fingerprint density at radius 1 is 1.33 bits per heavy atom. The van der Waals surface area contributed by atoms with Gasteiger partial charge < -0.3 is 5.73 Å². The van der Waals surface area contributed by atoms with Crippen LogP contribution in [0, 0.1) is 0 Å². The Morgan fingerprint density at radius 2 is 2.00 bits per heavy atom. The number of nitrogens with zero attached hydrogens (tertiary/aromatic N) is 2. The van der Waals surface area contributed by atoms with Crippen molar-refractivity contribution in [1.29, 1.82) is 0 Å².